The molecule has 0 aromatic heterocycles. The number of benzene rings is 2. The summed E-state index contributed by atoms with van der Waals surface area (Å²) in [6.45, 7) is 3.19. The van der Waals surface area contributed by atoms with Crippen LogP contribution in [0.3, 0.4) is 0 Å². The lowest BCUT2D eigenvalue weighted by molar-refractivity contribution is -0.116. The predicted octanol–water partition coefficient (Wildman–Crippen LogP) is 3.25. The van der Waals surface area contributed by atoms with Crippen molar-refractivity contribution in [2.24, 2.45) is 11.7 Å². The quantitative estimate of drug-likeness (QED) is 0.812. The second-order valence-corrected chi connectivity index (χ2v) is 6.58. The van der Waals surface area contributed by atoms with Gasteiger partial charge in [-0.15, -0.1) is 12.4 Å². The summed E-state index contributed by atoms with van der Waals surface area (Å²) >= 11 is 0. The Morgan fingerprint density at radius 3 is 2.46 bits per heavy atom. The molecule has 0 aliphatic carbocycles. The normalized spacial score (nSPS) is 19.8. The predicted molar refractivity (Wildman–Crippen MR) is 105 cm³/mol. The Labute approximate surface area is 160 Å². The highest BCUT2D eigenvalue weighted by Gasteiger charge is 2.32. The van der Waals surface area contributed by atoms with Crippen LogP contribution < -0.4 is 11.1 Å². The molecule has 140 valence electrons. The van der Waals surface area contributed by atoms with E-state index in [9.17, 15) is 9.18 Å². The van der Waals surface area contributed by atoms with Gasteiger partial charge >= 0.3 is 0 Å². The van der Waals surface area contributed by atoms with Crippen LogP contribution >= 0.6 is 12.4 Å². The molecule has 0 saturated carbocycles. The largest absolute Gasteiger partial charge is 0.330 e. The van der Waals surface area contributed by atoms with E-state index in [0.717, 1.165) is 13.1 Å². The molecule has 1 aliphatic heterocycles. The van der Waals surface area contributed by atoms with Gasteiger partial charge in [0.15, 0.2) is 0 Å². The van der Waals surface area contributed by atoms with Crippen molar-refractivity contribution in [2.75, 3.05) is 31.5 Å². The van der Waals surface area contributed by atoms with E-state index in [1.807, 2.05) is 6.07 Å². The zero-order valence-electron chi connectivity index (χ0n) is 14.6. The molecule has 2 aromatic carbocycles. The van der Waals surface area contributed by atoms with E-state index in [-0.39, 0.29) is 24.1 Å². The molecule has 2 atom stereocenters. The molecule has 4 nitrogen and oxygen atoms in total. The van der Waals surface area contributed by atoms with E-state index in [2.05, 4.69) is 34.5 Å². The summed E-state index contributed by atoms with van der Waals surface area (Å²) in [7, 11) is 0. The summed E-state index contributed by atoms with van der Waals surface area (Å²) in [6, 6.07) is 16.3. The molecule has 0 spiro atoms. The van der Waals surface area contributed by atoms with Gasteiger partial charge in [0.2, 0.25) is 5.91 Å². The van der Waals surface area contributed by atoms with Gasteiger partial charge in [-0.3, -0.25) is 4.79 Å². The van der Waals surface area contributed by atoms with E-state index in [1.54, 1.807) is 12.1 Å². The van der Waals surface area contributed by atoms with Crippen molar-refractivity contribution in [1.29, 1.82) is 0 Å². The number of hydrogen-bond donors (Lipinski definition) is 2. The first-order valence-corrected chi connectivity index (χ1v) is 8.68. The zero-order valence-corrected chi connectivity index (χ0v) is 15.4. The average molecular weight is 378 g/mol. The number of anilines is 1. The summed E-state index contributed by atoms with van der Waals surface area (Å²) in [5.74, 6) is 0.475. The van der Waals surface area contributed by atoms with Gasteiger partial charge in [-0.1, -0.05) is 30.3 Å². The smallest absolute Gasteiger partial charge is 0.225 e. The van der Waals surface area contributed by atoms with Crippen molar-refractivity contribution >= 4 is 24.0 Å². The molecule has 1 amide bonds. The second kappa shape index (κ2) is 9.67. The Bertz CT molecular complexity index is 696. The third kappa shape index (κ3) is 5.27. The number of nitrogens with two attached hydrogens (primary N) is 1. The van der Waals surface area contributed by atoms with Gasteiger partial charge < -0.3 is 16.0 Å². The molecule has 1 fully saturated rings. The maximum Gasteiger partial charge on any atom is 0.225 e. The SMILES string of the molecule is Cl.NC[C@@H]1CN(CCC(=O)Nc2ccc(F)cc2)C[C@H]1c1ccccc1. The maximum absolute atomic E-state index is 12.9. The fraction of sp³-hybridized carbons (Fsp3) is 0.350. The van der Waals surface area contributed by atoms with Gasteiger partial charge in [-0.25, -0.2) is 4.39 Å². The first-order chi connectivity index (χ1) is 12.2. The van der Waals surface area contributed by atoms with E-state index >= 15 is 0 Å². The van der Waals surface area contributed by atoms with Crippen LogP contribution in [0.5, 0.6) is 0 Å². The Morgan fingerprint density at radius 2 is 1.81 bits per heavy atom. The number of likely N-dealkylation sites (tertiary alicyclic amines) is 1. The standard InChI is InChI=1S/C20H24FN3O.ClH/c21-17-6-8-18(9-7-17)23-20(25)10-11-24-13-16(12-22)19(14-24)15-4-2-1-3-5-15;/h1-9,16,19H,10-14,22H2,(H,23,25);1H/t16-,19+;/m1./s1. The Kier molecular flexibility index (Phi) is 7.57. The second-order valence-electron chi connectivity index (χ2n) is 6.58. The maximum atomic E-state index is 12.9. The Hall–Kier alpha value is -1.95. The van der Waals surface area contributed by atoms with Gasteiger partial charge in [0.1, 0.15) is 5.82 Å². The van der Waals surface area contributed by atoms with Crippen LogP contribution in [0.2, 0.25) is 0 Å². The summed E-state index contributed by atoms with van der Waals surface area (Å²) in [4.78, 5) is 14.4. The highest BCUT2D eigenvalue weighted by Crippen LogP contribution is 2.31. The minimum atomic E-state index is -0.310. The van der Waals surface area contributed by atoms with Crippen LogP contribution in [0.4, 0.5) is 10.1 Å². The van der Waals surface area contributed by atoms with Gasteiger partial charge in [0, 0.05) is 37.7 Å². The molecule has 1 aliphatic rings. The number of amides is 1. The monoisotopic (exact) mass is 377 g/mol. The van der Waals surface area contributed by atoms with Crippen LogP contribution in [0, 0.1) is 11.7 Å². The number of hydrogen-bond acceptors (Lipinski definition) is 3. The lowest BCUT2D eigenvalue weighted by atomic mass is 9.89. The molecule has 1 saturated heterocycles. The van der Waals surface area contributed by atoms with Crippen LogP contribution in [-0.4, -0.2) is 37.0 Å². The number of carbonyl (C=O) groups is 1. The first-order valence-electron chi connectivity index (χ1n) is 8.68. The zero-order chi connectivity index (χ0) is 17.6. The van der Waals surface area contributed by atoms with E-state index in [4.69, 9.17) is 5.73 Å². The topological polar surface area (TPSA) is 58.4 Å². The van der Waals surface area contributed by atoms with Crippen LogP contribution in [0.25, 0.3) is 0 Å². The molecule has 3 N–H and O–H groups in total. The average Bonchev–Trinajstić information content (AvgIpc) is 3.06. The van der Waals surface area contributed by atoms with Gasteiger partial charge in [0.25, 0.3) is 0 Å². The molecule has 1 heterocycles. The summed E-state index contributed by atoms with van der Waals surface area (Å²) < 4.78 is 12.9. The van der Waals surface area contributed by atoms with Gasteiger partial charge in [0.05, 0.1) is 0 Å². The van der Waals surface area contributed by atoms with E-state index in [1.165, 1.54) is 17.7 Å². The molecule has 0 unspecified atom stereocenters. The first kappa shape index (κ1) is 20.4. The lowest BCUT2D eigenvalue weighted by Crippen LogP contribution is -2.27. The van der Waals surface area contributed by atoms with E-state index in [0.29, 0.717) is 37.0 Å². The molecule has 6 heteroatoms. The highest BCUT2D eigenvalue weighted by atomic mass is 35.5. The van der Waals surface area contributed by atoms with E-state index < -0.39 is 0 Å². The number of nitrogens with one attached hydrogen (secondary N) is 1. The summed E-state index contributed by atoms with van der Waals surface area (Å²) in [5.41, 5.74) is 7.89. The molecule has 2 aromatic rings. The number of halogens is 2. The van der Waals surface area contributed by atoms with Gasteiger partial charge in [-0.2, -0.15) is 0 Å². The molecule has 3 rings (SSSR count). The lowest BCUT2D eigenvalue weighted by Gasteiger charge is -2.16. The number of nitrogens with zero attached hydrogens (tertiary/aromatic N) is 1. The van der Waals surface area contributed by atoms with Crippen LogP contribution in [-0.2, 0) is 4.79 Å². The summed E-state index contributed by atoms with van der Waals surface area (Å²) in [5, 5.41) is 2.80. The third-order valence-corrected chi connectivity index (χ3v) is 4.83. The molecule has 0 bridgehead atoms. The highest BCUT2D eigenvalue weighted by molar-refractivity contribution is 5.90. The minimum Gasteiger partial charge on any atom is -0.330 e. The fourth-order valence-electron chi connectivity index (χ4n) is 3.48. The van der Waals surface area contributed by atoms with Crippen LogP contribution in [0.1, 0.15) is 17.9 Å². The number of carbonyl (C=O) groups excluding carboxylic acids is 1. The Balaban J connectivity index is 0.00000243. The summed E-state index contributed by atoms with van der Waals surface area (Å²) in [6.07, 6.45) is 0.413. The van der Waals surface area contributed by atoms with Crippen molar-refractivity contribution in [3.63, 3.8) is 0 Å². The molecular formula is C20H25ClFN3O. The molecular weight excluding hydrogens is 353 g/mol. The number of rotatable bonds is 6. The van der Waals surface area contributed by atoms with Crippen LogP contribution in [0.15, 0.2) is 54.6 Å². The van der Waals surface area contributed by atoms with Crippen molar-refractivity contribution < 1.29 is 9.18 Å². The van der Waals surface area contributed by atoms with Crippen molar-refractivity contribution in [1.82, 2.24) is 4.90 Å². The third-order valence-electron chi connectivity index (χ3n) is 4.83. The molecule has 0 radical (unpaired) electrons. The van der Waals surface area contributed by atoms with Crippen molar-refractivity contribution in [2.45, 2.75) is 12.3 Å². The Morgan fingerprint density at radius 1 is 1.12 bits per heavy atom. The molecule has 26 heavy (non-hydrogen) atoms. The van der Waals surface area contributed by atoms with Gasteiger partial charge in [-0.05, 0) is 42.3 Å². The fourth-order valence-corrected chi connectivity index (χ4v) is 3.48. The van der Waals surface area contributed by atoms with Crippen molar-refractivity contribution in [3.8, 4) is 0 Å². The minimum absolute atomic E-state index is 0. The van der Waals surface area contributed by atoms with Crippen molar-refractivity contribution in [3.05, 3.63) is 66.0 Å².